The lowest BCUT2D eigenvalue weighted by molar-refractivity contribution is 0.234. The van der Waals surface area contributed by atoms with Crippen LogP contribution in [0.2, 0.25) is 0 Å². The van der Waals surface area contributed by atoms with Crippen LogP contribution in [0.1, 0.15) is 37.9 Å². The summed E-state index contributed by atoms with van der Waals surface area (Å²) in [5.74, 6) is 0. The van der Waals surface area contributed by atoms with E-state index in [4.69, 9.17) is 0 Å². The molecule has 1 heterocycles. The molecule has 0 spiro atoms. The fourth-order valence-corrected chi connectivity index (χ4v) is 3.97. The number of hydrogen-bond donors (Lipinski definition) is 2. The summed E-state index contributed by atoms with van der Waals surface area (Å²) in [5, 5.41) is 14.9. The van der Waals surface area contributed by atoms with Crippen LogP contribution in [0.3, 0.4) is 0 Å². The molecule has 128 valence electrons. The number of amides is 2. The van der Waals surface area contributed by atoms with Gasteiger partial charge in [-0.15, -0.1) is 5.10 Å². The maximum atomic E-state index is 12.2. The molecule has 0 radical (unpaired) electrons. The Bertz CT molecular complexity index is 675. The summed E-state index contributed by atoms with van der Waals surface area (Å²) in [4.78, 5) is 12.2. The molecule has 3 rings (SSSR count). The molecule has 0 unspecified atom stereocenters. The van der Waals surface area contributed by atoms with Crippen molar-refractivity contribution in [3.8, 4) is 5.69 Å². The lowest BCUT2D eigenvalue weighted by Crippen LogP contribution is -2.45. The highest BCUT2D eigenvalue weighted by molar-refractivity contribution is 7.99. The fourth-order valence-electron chi connectivity index (χ4n) is 3.04. The quantitative estimate of drug-likeness (QED) is 0.874. The van der Waals surface area contributed by atoms with Crippen LogP contribution in [-0.2, 0) is 0 Å². The Kier molecular flexibility index (Phi) is 5.40. The molecule has 0 aliphatic heterocycles. The Balaban J connectivity index is 1.58. The van der Waals surface area contributed by atoms with Crippen LogP contribution in [0, 0.1) is 0 Å². The predicted octanol–water partition coefficient (Wildman–Crippen LogP) is 2.91. The Morgan fingerprint density at radius 1 is 1.33 bits per heavy atom. The molecule has 7 heteroatoms. The topological polar surface area (TPSA) is 71.8 Å². The molecule has 2 aromatic rings. The maximum absolute atomic E-state index is 12.2. The van der Waals surface area contributed by atoms with E-state index in [0.29, 0.717) is 5.25 Å². The molecule has 3 atom stereocenters. The van der Waals surface area contributed by atoms with E-state index in [1.165, 1.54) is 12.8 Å². The molecule has 2 amide bonds. The van der Waals surface area contributed by atoms with Crippen molar-refractivity contribution in [2.45, 2.75) is 43.5 Å². The van der Waals surface area contributed by atoms with Crippen molar-refractivity contribution in [1.82, 2.24) is 25.6 Å². The largest absolute Gasteiger partial charge is 0.334 e. The molecule has 0 bridgehead atoms. The van der Waals surface area contributed by atoms with Crippen molar-refractivity contribution in [1.29, 1.82) is 0 Å². The number of benzene rings is 1. The van der Waals surface area contributed by atoms with E-state index in [-0.39, 0.29) is 18.1 Å². The van der Waals surface area contributed by atoms with E-state index in [1.54, 1.807) is 4.68 Å². The SMILES string of the molecule is CS[C@@H]1CCC[C@@H]1NC(=O)N[C@@H](C)c1cn(-c2ccccc2)nn1. The summed E-state index contributed by atoms with van der Waals surface area (Å²) in [6.07, 6.45) is 7.36. The van der Waals surface area contributed by atoms with Gasteiger partial charge in [0.2, 0.25) is 0 Å². The van der Waals surface area contributed by atoms with Crippen molar-refractivity contribution in [2.75, 3.05) is 6.26 Å². The zero-order valence-corrected chi connectivity index (χ0v) is 14.8. The van der Waals surface area contributed by atoms with Crippen LogP contribution in [-0.4, -0.2) is 38.6 Å². The van der Waals surface area contributed by atoms with Gasteiger partial charge < -0.3 is 10.6 Å². The van der Waals surface area contributed by atoms with Gasteiger partial charge in [0.15, 0.2) is 0 Å². The predicted molar refractivity (Wildman–Crippen MR) is 96.4 cm³/mol. The summed E-state index contributed by atoms with van der Waals surface area (Å²) in [6, 6.07) is 9.72. The van der Waals surface area contributed by atoms with Crippen LogP contribution in [0.25, 0.3) is 5.69 Å². The average molecular weight is 345 g/mol. The summed E-state index contributed by atoms with van der Waals surface area (Å²) >= 11 is 1.83. The van der Waals surface area contributed by atoms with E-state index in [9.17, 15) is 4.79 Å². The number of nitrogens with zero attached hydrogens (tertiary/aromatic N) is 3. The van der Waals surface area contributed by atoms with E-state index in [2.05, 4.69) is 27.2 Å². The number of aromatic nitrogens is 3. The van der Waals surface area contributed by atoms with Gasteiger partial charge in [0.25, 0.3) is 0 Å². The summed E-state index contributed by atoms with van der Waals surface area (Å²) in [7, 11) is 0. The van der Waals surface area contributed by atoms with Crippen molar-refractivity contribution >= 4 is 17.8 Å². The molecule has 1 aromatic heterocycles. The first-order valence-corrected chi connectivity index (χ1v) is 9.53. The number of urea groups is 1. The maximum Gasteiger partial charge on any atom is 0.315 e. The van der Waals surface area contributed by atoms with Gasteiger partial charge in [-0.1, -0.05) is 29.8 Å². The van der Waals surface area contributed by atoms with Gasteiger partial charge in [-0.25, -0.2) is 9.48 Å². The van der Waals surface area contributed by atoms with Gasteiger partial charge >= 0.3 is 6.03 Å². The molecule has 2 N–H and O–H groups in total. The Morgan fingerprint density at radius 2 is 2.12 bits per heavy atom. The third kappa shape index (κ3) is 3.90. The van der Waals surface area contributed by atoms with Gasteiger partial charge in [0, 0.05) is 11.3 Å². The van der Waals surface area contributed by atoms with E-state index in [0.717, 1.165) is 17.8 Å². The van der Waals surface area contributed by atoms with Crippen molar-refractivity contribution < 1.29 is 4.79 Å². The summed E-state index contributed by atoms with van der Waals surface area (Å²) in [5.41, 5.74) is 1.68. The van der Waals surface area contributed by atoms with Gasteiger partial charge in [0.05, 0.1) is 17.9 Å². The monoisotopic (exact) mass is 345 g/mol. The Morgan fingerprint density at radius 3 is 2.88 bits per heavy atom. The second-order valence-corrected chi connectivity index (χ2v) is 7.15. The third-order valence-corrected chi connectivity index (χ3v) is 5.56. The van der Waals surface area contributed by atoms with E-state index >= 15 is 0 Å². The van der Waals surface area contributed by atoms with Crippen molar-refractivity contribution in [3.63, 3.8) is 0 Å². The van der Waals surface area contributed by atoms with Gasteiger partial charge in [-0.05, 0) is 38.2 Å². The zero-order chi connectivity index (χ0) is 16.9. The standard InChI is InChI=1S/C17H23N5OS/c1-12(18-17(23)19-14-9-6-10-16(14)24-2)15-11-22(21-20-15)13-7-4-3-5-8-13/h3-5,7-8,11-12,14,16H,6,9-10H2,1-2H3,(H2,18,19,23)/t12-,14-,16+/m0/s1. The molecule has 1 saturated carbocycles. The second kappa shape index (κ2) is 7.70. The zero-order valence-electron chi connectivity index (χ0n) is 14.0. The van der Waals surface area contributed by atoms with Gasteiger partial charge in [-0.2, -0.15) is 11.8 Å². The number of nitrogens with one attached hydrogen (secondary N) is 2. The van der Waals surface area contributed by atoms with Gasteiger partial charge in [-0.3, -0.25) is 0 Å². The normalized spacial score (nSPS) is 21.4. The van der Waals surface area contributed by atoms with Crippen LogP contribution < -0.4 is 10.6 Å². The first-order valence-electron chi connectivity index (χ1n) is 8.25. The molecule has 1 aliphatic rings. The Labute approximate surface area is 146 Å². The van der Waals surface area contributed by atoms with Crippen LogP contribution >= 0.6 is 11.8 Å². The molecule has 24 heavy (non-hydrogen) atoms. The van der Waals surface area contributed by atoms with Crippen LogP contribution in [0.15, 0.2) is 36.5 Å². The molecule has 6 nitrogen and oxygen atoms in total. The number of para-hydroxylation sites is 1. The number of hydrogen-bond acceptors (Lipinski definition) is 4. The van der Waals surface area contributed by atoms with E-state index < -0.39 is 0 Å². The summed E-state index contributed by atoms with van der Waals surface area (Å²) < 4.78 is 1.71. The lowest BCUT2D eigenvalue weighted by atomic mass is 10.2. The number of carbonyl (C=O) groups is 1. The average Bonchev–Trinajstić information content (AvgIpc) is 3.24. The molecule has 0 saturated heterocycles. The number of rotatable bonds is 5. The lowest BCUT2D eigenvalue weighted by Gasteiger charge is -2.20. The smallest absolute Gasteiger partial charge is 0.315 e. The highest BCUT2D eigenvalue weighted by Gasteiger charge is 2.28. The minimum absolute atomic E-state index is 0.136. The van der Waals surface area contributed by atoms with Gasteiger partial charge in [0.1, 0.15) is 5.69 Å². The number of carbonyl (C=O) groups excluding carboxylic acids is 1. The third-order valence-electron chi connectivity index (χ3n) is 4.39. The van der Waals surface area contributed by atoms with Crippen molar-refractivity contribution in [3.05, 3.63) is 42.2 Å². The Hall–Kier alpha value is -2.02. The molecule has 1 aliphatic carbocycles. The highest BCUT2D eigenvalue weighted by atomic mass is 32.2. The fraction of sp³-hybridized carbons (Fsp3) is 0.471. The van der Waals surface area contributed by atoms with Crippen LogP contribution in [0.4, 0.5) is 4.79 Å². The van der Waals surface area contributed by atoms with E-state index in [1.807, 2.05) is 55.2 Å². The molecular weight excluding hydrogens is 322 g/mol. The summed E-state index contributed by atoms with van der Waals surface area (Å²) in [6.45, 7) is 1.92. The van der Waals surface area contributed by atoms with Crippen LogP contribution in [0.5, 0.6) is 0 Å². The minimum Gasteiger partial charge on any atom is -0.334 e. The minimum atomic E-state index is -0.198. The highest BCUT2D eigenvalue weighted by Crippen LogP contribution is 2.28. The molecule has 1 fully saturated rings. The first kappa shape index (κ1) is 16.8. The first-order chi connectivity index (χ1) is 11.7. The molecular formula is C17H23N5OS. The van der Waals surface area contributed by atoms with Crippen molar-refractivity contribution in [2.24, 2.45) is 0 Å². The second-order valence-electron chi connectivity index (χ2n) is 6.07. The number of thioether (sulfide) groups is 1. The molecule has 1 aromatic carbocycles.